The van der Waals surface area contributed by atoms with E-state index in [1.807, 2.05) is 6.92 Å². The molecule has 0 aromatic rings. The van der Waals surface area contributed by atoms with Gasteiger partial charge in [0.25, 0.3) is 0 Å². The summed E-state index contributed by atoms with van der Waals surface area (Å²) in [5.41, 5.74) is 0. The van der Waals surface area contributed by atoms with E-state index in [-0.39, 0.29) is 17.1 Å². The topological polar surface area (TPSA) is 26.3 Å². The zero-order valence-corrected chi connectivity index (χ0v) is 13.5. The van der Waals surface area contributed by atoms with E-state index in [4.69, 9.17) is 4.43 Å². The molecule has 3 heteroatoms. The maximum atomic E-state index is 11.7. The highest BCUT2D eigenvalue weighted by atomic mass is 28.4. The van der Waals surface area contributed by atoms with Crippen LogP contribution >= 0.6 is 0 Å². The van der Waals surface area contributed by atoms with E-state index in [1.54, 1.807) is 0 Å². The molecule has 0 unspecified atom stereocenters. The van der Waals surface area contributed by atoms with Crippen LogP contribution in [0, 0.1) is 11.8 Å². The number of carbonyl (C=O) groups is 1. The van der Waals surface area contributed by atoms with Crippen LogP contribution in [0.4, 0.5) is 0 Å². The van der Waals surface area contributed by atoms with Gasteiger partial charge < -0.3 is 4.43 Å². The molecule has 0 aliphatic heterocycles. The van der Waals surface area contributed by atoms with Crippen molar-refractivity contribution in [3.63, 3.8) is 0 Å². The van der Waals surface area contributed by atoms with E-state index >= 15 is 0 Å². The highest BCUT2D eigenvalue weighted by Crippen LogP contribution is 2.40. The molecule has 0 spiro atoms. The molecular formula is C14H28O2Si. The average molecular weight is 256 g/mol. The van der Waals surface area contributed by atoms with Crippen molar-refractivity contribution in [2.75, 3.05) is 0 Å². The molecule has 0 aromatic heterocycles. The minimum atomic E-state index is -1.70. The summed E-state index contributed by atoms with van der Waals surface area (Å²) in [7, 11) is -1.70. The van der Waals surface area contributed by atoms with Crippen LogP contribution in [-0.4, -0.2) is 20.2 Å². The van der Waals surface area contributed by atoms with E-state index in [0.29, 0.717) is 18.1 Å². The van der Waals surface area contributed by atoms with E-state index < -0.39 is 8.32 Å². The van der Waals surface area contributed by atoms with Gasteiger partial charge in [-0.3, -0.25) is 4.79 Å². The summed E-state index contributed by atoms with van der Waals surface area (Å²) >= 11 is 0. The third-order valence-corrected chi connectivity index (χ3v) is 9.31. The van der Waals surface area contributed by atoms with Crippen molar-refractivity contribution in [3.05, 3.63) is 0 Å². The predicted molar refractivity (Wildman–Crippen MR) is 74.6 cm³/mol. The molecular weight excluding hydrogens is 228 g/mol. The van der Waals surface area contributed by atoms with Gasteiger partial charge in [0.15, 0.2) is 8.32 Å². The fourth-order valence-corrected chi connectivity index (χ4v) is 3.55. The molecule has 0 amide bonds. The van der Waals surface area contributed by atoms with Crippen molar-refractivity contribution in [1.29, 1.82) is 0 Å². The normalized spacial score (nSPS) is 31.7. The van der Waals surface area contributed by atoms with Crippen molar-refractivity contribution in [3.8, 4) is 0 Å². The fourth-order valence-electron chi connectivity index (χ4n) is 2.11. The van der Waals surface area contributed by atoms with Gasteiger partial charge in [-0.15, -0.1) is 0 Å². The summed E-state index contributed by atoms with van der Waals surface area (Å²) in [6.45, 7) is 15.6. The highest BCUT2D eigenvalue weighted by molar-refractivity contribution is 6.74. The first-order chi connectivity index (χ1) is 7.56. The molecule has 0 saturated heterocycles. The lowest BCUT2D eigenvalue weighted by Gasteiger charge is -2.43. The summed E-state index contributed by atoms with van der Waals surface area (Å²) in [6, 6.07) is 0. The van der Waals surface area contributed by atoms with Gasteiger partial charge in [-0.1, -0.05) is 34.6 Å². The molecule has 1 aliphatic rings. The Morgan fingerprint density at radius 3 is 2.24 bits per heavy atom. The minimum absolute atomic E-state index is 0.165. The number of hydrogen-bond acceptors (Lipinski definition) is 2. The molecule has 1 rings (SSSR count). The zero-order chi connectivity index (χ0) is 13.4. The van der Waals surface area contributed by atoms with Gasteiger partial charge in [0.2, 0.25) is 0 Å². The van der Waals surface area contributed by atoms with Gasteiger partial charge in [0.05, 0.1) is 0 Å². The fraction of sp³-hybridized carbons (Fsp3) is 0.929. The van der Waals surface area contributed by atoms with Crippen LogP contribution in [0.25, 0.3) is 0 Å². The summed E-state index contributed by atoms with van der Waals surface area (Å²) in [4.78, 5) is 11.7. The van der Waals surface area contributed by atoms with E-state index in [0.717, 1.165) is 6.42 Å². The molecule has 2 nitrogen and oxygen atoms in total. The first-order valence-electron chi connectivity index (χ1n) is 6.77. The number of hydrogen-bond donors (Lipinski definition) is 0. The molecule has 3 atom stereocenters. The Balaban J connectivity index is 2.73. The van der Waals surface area contributed by atoms with Crippen LogP contribution in [-0.2, 0) is 9.22 Å². The Morgan fingerprint density at radius 1 is 1.24 bits per heavy atom. The van der Waals surface area contributed by atoms with E-state index in [2.05, 4.69) is 40.8 Å². The Bertz CT molecular complexity index is 291. The molecule has 0 aromatic carbocycles. The monoisotopic (exact) mass is 256 g/mol. The standard InChI is InChI=1S/C14H28O2Si/c1-10-11(2)13(9-8-12(10)15)16-17(6,7)14(3,4)5/h10-11,13H,8-9H2,1-7H3/t10-,11-,13+/m1/s1. The second-order valence-corrected chi connectivity index (χ2v) is 11.8. The molecule has 0 bridgehead atoms. The Kier molecular flexibility index (Phi) is 4.25. The molecule has 1 aliphatic carbocycles. The van der Waals surface area contributed by atoms with Crippen LogP contribution in [0.3, 0.4) is 0 Å². The molecule has 1 fully saturated rings. The van der Waals surface area contributed by atoms with Gasteiger partial charge in [0, 0.05) is 18.4 Å². The molecule has 17 heavy (non-hydrogen) atoms. The third-order valence-electron chi connectivity index (χ3n) is 4.81. The van der Waals surface area contributed by atoms with Crippen molar-refractivity contribution in [2.24, 2.45) is 11.8 Å². The maximum Gasteiger partial charge on any atom is 0.192 e. The summed E-state index contributed by atoms with van der Waals surface area (Å²) in [6.07, 6.45) is 1.89. The first kappa shape index (κ1) is 14.9. The Morgan fingerprint density at radius 2 is 1.76 bits per heavy atom. The lowest BCUT2D eigenvalue weighted by molar-refractivity contribution is -0.129. The van der Waals surface area contributed by atoms with Crippen molar-refractivity contribution >= 4 is 14.1 Å². The Labute approximate surface area is 107 Å². The molecule has 0 radical (unpaired) electrons. The van der Waals surface area contributed by atoms with E-state index in [1.165, 1.54) is 0 Å². The zero-order valence-electron chi connectivity index (χ0n) is 12.5. The summed E-state index contributed by atoms with van der Waals surface area (Å²) in [5.74, 6) is 0.941. The van der Waals surface area contributed by atoms with Crippen LogP contribution < -0.4 is 0 Å². The average Bonchev–Trinajstić information content (AvgIpc) is 2.17. The number of Topliss-reactive ketones (excluding diaryl/α,β-unsaturated/α-hetero) is 1. The largest absolute Gasteiger partial charge is 0.414 e. The van der Waals surface area contributed by atoms with Gasteiger partial charge in [-0.25, -0.2) is 0 Å². The lowest BCUT2D eigenvalue weighted by Crippen LogP contribution is -2.48. The van der Waals surface area contributed by atoms with Crippen LogP contribution in [0.15, 0.2) is 0 Å². The quantitative estimate of drug-likeness (QED) is 0.698. The van der Waals surface area contributed by atoms with Crippen molar-refractivity contribution in [1.82, 2.24) is 0 Å². The molecule has 0 N–H and O–H groups in total. The predicted octanol–water partition coefficient (Wildman–Crippen LogP) is 4.01. The Hall–Kier alpha value is -0.153. The van der Waals surface area contributed by atoms with E-state index in [9.17, 15) is 4.79 Å². The molecule has 1 saturated carbocycles. The van der Waals surface area contributed by atoms with Crippen molar-refractivity contribution < 1.29 is 9.22 Å². The minimum Gasteiger partial charge on any atom is -0.414 e. The number of carbonyl (C=O) groups excluding carboxylic acids is 1. The van der Waals surface area contributed by atoms with Gasteiger partial charge >= 0.3 is 0 Å². The number of ketones is 1. The van der Waals surface area contributed by atoms with Crippen LogP contribution in [0.1, 0.15) is 47.5 Å². The second kappa shape index (κ2) is 4.85. The maximum absolute atomic E-state index is 11.7. The first-order valence-corrected chi connectivity index (χ1v) is 9.67. The second-order valence-electron chi connectivity index (χ2n) is 7.07. The van der Waals surface area contributed by atoms with Crippen LogP contribution in [0.5, 0.6) is 0 Å². The summed E-state index contributed by atoms with van der Waals surface area (Å²) < 4.78 is 6.46. The van der Waals surface area contributed by atoms with Gasteiger partial charge in [-0.2, -0.15) is 0 Å². The highest BCUT2D eigenvalue weighted by Gasteiger charge is 2.42. The van der Waals surface area contributed by atoms with Gasteiger partial charge in [0.1, 0.15) is 5.78 Å². The molecule has 100 valence electrons. The SMILES string of the molecule is C[C@H]1[C@@H](O[Si](C)(C)C(C)(C)C)CCC(=O)[C@@H]1C. The van der Waals surface area contributed by atoms with Crippen molar-refractivity contribution in [2.45, 2.75) is 71.7 Å². The third kappa shape index (κ3) is 3.19. The van der Waals surface area contributed by atoms with Crippen LogP contribution in [0.2, 0.25) is 18.1 Å². The summed E-state index contributed by atoms with van der Waals surface area (Å²) in [5, 5.41) is 0.247. The smallest absolute Gasteiger partial charge is 0.192 e. The lowest BCUT2D eigenvalue weighted by atomic mass is 9.79. The molecule has 0 heterocycles. The van der Waals surface area contributed by atoms with Gasteiger partial charge in [-0.05, 0) is 30.5 Å². The number of rotatable bonds is 2.